The number of carboxylic acids is 1. The number of carbonyl (C=O) groups is 3. The van der Waals surface area contributed by atoms with Gasteiger partial charge >= 0.3 is 11.9 Å². The summed E-state index contributed by atoms with van der Waals surface area (Å²) in [6, 6.07) is -1.03. The lowest BCUT2D eigenvalue weighted by Crippen LogP contribution is -2.41. The molecule has 0 unspecified atom stereocenters. The molecule has 6 heteroatoms. The van der Waals surface area contributed by atoms with Gasteiger partial charge in [-0.05, 0) is 19.3 Å². The van der Waals surface area contributed by atoms with E-state index in [1.807, 2.05) is 0 Å². The molecule has 0 aliphatic rings. The summed E-state index contributed by atoms with van der Waals surface area (Å²) in [6.45, 7) is 4.77. The van der Waals surface area contributed by atoms with Crippen LogP contribution in [0.4, 0.5) is 0 Å². The molecule has 0 aliphatic heterocycles. The van der Waals surface area contributed by atoms with Crippen molar-refractivity contribution in [2.75, 3.05) is 6.61 Å². The molecule has 0 radical (unpaired) electrons. The van der Waals surface area contributed by atoms with Crippen molar-refractivity contribution in [2.24, 2.45) is 0 Å². The average Bonchev–Trinajstić information content (AvgIpc) is 2.74. The van der Waals surface area contributed by atoms with E-state index in [-0.39, 0.29) is 18.7 Å². The SMILES string of the molecule is CCCCCCCCCCCC(=O)N[C@@H](CCC(=O)OCCCCCCCC)C(=O)O. The zero-order valence-electron chi connectivity index (χ0n) is 20.1. The molecule has 1 amide bonds. The average molecular weight is 442 g/mol. The van der Waals surface area contributed by atoms with E-state index in [1.165, 1.54) is 57.8 Å². The number of hydrogen-bond acceptors (Lipinski definition) is 4. The predicted octanol–water partition coefficient (Wildman–Crippen LogP) is 6.16. The molecule has 0 saturated heterocycles. The topological polar surface area (TPSA) is 92.7 Å². The number of carboxylic acid groups (broad SMARTS) is 1. The highest BCUT2D eigenvalue weighted by molar-refractivity contribution is 5.84. The maximum atomic E-state index is 12.0. The van der Waals surface area contributed by atoms with E-state index < -0.39 is 18.0 Å². The molecule has 0 spiro atoms. The van der Waals surface area contributed by atoms with Gasteiger partial charge in [-0.15, -0.1) is 0 Å². The van der Waals surface area contributed by atoms with Crippen LogP contribution in [-0.2, 0) is 19.1 Å². The molecular formula is C25H47NO5. The Kier molecular flexibility index (Phi) is 20.5. The maximum Gasteiger partial charge on any atom is 0.326 e. The molecule has 0 fully saturated rings. The quantitative estimate of drug-likeness (QED) is 0.155. The van der Waals surface area contributed by atoms with Crippen LogP contribution < -0.4 is 5.32 Å². The van der Waals surface area contributed by atoms with Gasteiger partial charge in [-0.25, -0.2) is 4.79 Å². The fourth-order valence-electron chi connectivity index (χ4n) is 3.52. The first-order valence-corrected chi connectivity index (χ1v) is 12.7. The van der Waals surface area contributed by atoms with Crippen LogP contribution >= 0.6 is 0 Å². The van der Waals surface area contributed by atoms with Crippen molar-refractivity contribution >= 4 is 17.8 Å². The van der Waals surface area contributed by atoms with Crippen molar-refractivity contribution in [3.63, 3.8) is 0 Å². The van der Waals surface area contributed by atoms with Crippen LogP contribution in [0.1, 0.15) is 129 Å². The number of ether oxygens (including phenoxy) is 1. The minimum Gasteiger partial charge on any atom is -0.480 e. The van der Waals surface area contributed by atoms with Gasteiger partial charge in [-0.2, -0.15) is 0 Å². The first-order chi connectivity index (χ1) is 15.0. The van der Waals surface area contributed by atoms with Gasteiger partial charge in [0.2, 0.25) is 5.91 Å². The van der Waals surface area contributed by atoms with E-state index in [1.54, 1.807) is 0 Å². The normalized spacial score (nSPS) is 11.8. The number of aliphatic carboxylic acids is 1. The Balaban J connectivity index is 3.81. The third kappa shape index (κ3) is 20.1. The molecule has 182 valence electrons. The summed E-state index contributed by atoms with van der Waals surface area (Å²) in [5.41, 5.74) is 0. The van der Waals surface area contributed by atoms with Gasteiger partial charge in [0.05, 0.1) is 6.61 Å². The van der Waals surface area contributed by atoms with Crippen molar-refractivity contribution < 1.29 is 24.2 Å². The minimum atomic E-state index is -1.11. The monoisotopic (exact) mass is 441 g/mol. The summed E-state index contributed by atoms with van der Waals surface area (Å²) in [6.07, 6.45) is 17.6. The van der Waals surface area contributed by atoms with Crippen LogP contribution in [0.2, 0.25) is 0 Å². The Bertz CT molecular complexity index is 467. The highest BCUT2D eigenvalue weighted by Crippen LogP contribution is 2.11. The van der Waals surface area contributed by atoms with Crippen molar-refractivity contribution in [3.8, 4) is 0 Å². The lowest BCUT2D eigenvalue weighted by Gasteiger charge is -2.14. The number of amides is 1. The summed E-state index contributed by atoms with van der Waals surface area (Å²) < 4.78 is 5.17. The Morgan fingerprint density at radius 1 is 0.710 bits per heavy atom. The Hall–Kier alpha value is -1.59. The standard InChI is InChI=1S/C25H47NO5/c1-3-5-7-9-11-12-13-14-16-18-23(27)26-22(25(29)30)19-20-24(28)31-21-17-15-10-8-6-4-2/h22H,3-21H2,1-2H3,(H,26,27)(H,29,30)/t22-/m0/s1. The fraction of sp³-hybridized carbons (Fsp3) is 0.880. The maximum absolute atomic E-state index is 12.0. The zero-order valence-corrected chi connectivity index (χ0v) is 20.1. The van der Waals surface area contributed by atoms with Crippen LogP contribution in [-0.4, -0.2) is 35.6 Å². The summed E-state index contributed by atoms with van der Waals surface area (Å²) >= 11 is 0. The van der Waals surface area contributed by atoms with Gasteiger partial charge in [-0.1, -0.05) is 97.3 Å². The number of nitrogens with one attached hydrogen (secondary N) is 1. The zero-order chi connectivity index (χ0) is 23.2. The molecule has 6 nitrogen and oxygen atoms in total. The van der Waals surface area contributed by atoms with Crippen molar-refractivity contribution in [1.29, 1.82) is 0 Å². The highest BCUT2D eigenvalue weighted by atomic mass is 16.5. The number of unbranched alkanes of at least 4 members (excludes halogenated alkanes) is 13. The molecule has 0 aromatic rings. The Morgan fingerprint density at radius 3 is 1.71 bits per heavy atom. The van der Waals surface area contributed by atoms with Gasteiger partial charge in [0.25, 0.3) is 0 Å². The van der Waals surface area contributed by atoms with E-state index in [2.05, 4.69) is 19.2 Å². The summed E-state index contributed by atoms with van der Waals surface area (Å²) in [5, 5.41) is 11.9. The molecule has 0 heterocycles. The number of hydrogen-bond donors (Lipinski definition) is 2. The van der Waals surface area contributed by atoms with Gasteiger partial charge in [0.15, 0.2) is 0 Å². The molecule has 0 aromatic heterocycles. The molecular weight excluding hydrogens is 394 g/mol. The second-order valence-electron chi connectivity index (χ2n) is 8.56. The van der Waals surface area contributed by atoms with Crippen molar-refractivity contribution in [3.05, 3.63) is 0 Å². The second-order valence-corrected chi connectivity index (χ2v) is 8.56. The summed E-state index contributed by atoms with van der Waals surface area (Å²) in [7, 11) is 0. The van der Waals surface area contributed by atoms with Gasteiger partial charge in [0.1, 0.15) is 6.04 Å². The number of carbonyl (C=O) groups excluding carboxylic acids is 2. The lowest BCUT2D eigenvalue weighted by molar-refractivity contribution is -0.145. The van der Waals surface area contributed by atoms with E-state index in [0.29, 0.717) is 13.0 Å². The van der Waals surface area contributed by atoms with Crippen LogP contribution in [0.5, 0.6) is 0 Å². The first-order valence-electron chi connectivity index (χ1n) is 12.7. The van der Waals surface area contributed by atoms with Gasteiger partial charge in [0, 0.05) is 12.8 Å². The predicted molar refractivity (Wildman–Crippen MR) is 125 cm³/mol. The van der Waals surface area contributed by atoms with Crippen molar-refractivity contribution in [2.45, 2.75) is 135 Å². The molecule has 0 aliphatic carbocycles. The minimum absolute atomic E-state index is 0.00507. The molecule has 31 heavy (non-hydrogen) atoms. The van der Waals surface area contributed by atoms with Gasteiger partial charge < -0.3 is 15.2 Å². The van der Waals surface area contributed by atoms with E-state index in [0.717, 1.165) is 38.5 Å². The lowest BCUT2D eigenvalue weighted by atomic mass is 10.1. The Morgan fingerprint density at radius 2 is 1.19 bits per heavy atom. The first kappa shape index (κ1) is 29.4. The van der Waals surface area contributed by atoms with Crippen LogP contribution in [0, 0.1) is 0 Å². The Labute approximate surface area is 189 Å². The van der Waals surface area contributed by atoms with E-state index in [4.69, 9.17) is 4.74 Å². The number of esters is 1. The smallest absolute Gasteiger partial charge is 0.326 e. The summed E-state index contributed by atoms with van der Waals surface area (Å²) in [4.78, 5) is 35.2. The molecule has 0 bridgehead atoms. The van der Waals surface area contributed by atoms with Crippen molar-refractivity contribution in [1.82, 2.24) is 5.32 Å². The third-order valence-corrected chi connectivity index (χ3v) is 5.54. The van der Waals surface area contributed by atoms with Crippen LogP contribution in [0.3, 0.4) is 0 Å². The fourth-order valence-corrected chi connectivity index (χ4v) is 3.52. The molecule has 0 rings (SSSR count). The van der Waals surface area contributed by atoms with Crippen LogP contribution in [0.15, 0.2) is 0 Å². The molecule has 2 N–H and O–H groups in total. The largest absolute Gasteiger partial charge is 0.480 e. The van der Waals surface area contributed by atoms with Gasteiger partial charge in [-0.3, -0.25) is 9.59 Å². The molecule has 0 saturated carbocycles. The summed E-state index contributed by atoms with van der Waals surface area (Å²) in [5.74, 6) is -1.76. The molecule has 0 aromatic carbocycles. The third-order valence-electron chi connectivity index (χ3n) is 5.54. The van der Waals surface area contributed by atoms with E-state index >= 15 is 0 Å². The van der Waals surface area contributed by atoms with E-state index in [9.17, 15) is 19.5 Å². The number of rotatable bonds is 22. The molecule has 1 atom stereocenters. The van der Waals surface area contributed by atoms with Crippen LogP contribution in [0.25, 0.3) is 0 Å². The highest BCUT2D eigenvalue weighted by Gasteiger charge is 2.21. The second kappa shape index (κ2) is 21.6.